The number of aromatic nitrogens is 2. The molecule has 3 heterocycles. The average molecular weight is 494 g/mol. The molecule has 2 atom stereocenters. The van der Waals surface area contributed by atoms with Crippen molar-refractivity contribution in [2.24, 2.45) is 0 Å². The van der Waals surface area contributed by atoms with Crippen molar-refractivity contribution in [3.63, 3.8) is 0 Å². The minimum atomic E-state index is -4.58. The van der Waals surface area contributed by atoms with E-state index in [1.165, 1.54) is 47.6 Å². The topological polar surface area (TPSA) is 88.0 Å². The number of carbonyl (C=O) groups is 1. The molecule has 33 heavy (non-hydrogen) atoms. The number of nitrogens with zero attached hydrogens (tertiary/aromatic N) is 1. The number of aromatic amines is 1. The summed E-state index contributed by atoms with van der Waals surface area (Å²) < 4.78 is 44.9. The van der Waals surface area contributed by atoms with Gasteiger partial charge in [0.25, 0.3) is 5.56 Å². The highest BCUT2D eigenvalue weighted by Crippen LogP contribution is 2.36. The Morgan fingerprint density at radius 3 is 2.67 bits per heavy atom. The molecule has 1 aromatic carbocycles. The van der Waals surface area contributed by atoms with Crippen LogP contribution < -0.4 is 10.9 Å². The van der Waals surface area contributed by atoms with Crippen LogP contribution in [0.2, 0.25) is 0 Å². The molecule has 1 amide bonds. The van der Waals surface area contributed by atoms with Gasteiger partial charge in [0.1, 0.15) is 16.4 Å². The predicted molar refractivity (Wildman–Crippen MR) is 123 cm³/mol. The van der Waals surface area contributed by atoms with E-state index < -0.39 is 28.1 Å². The molecule has 0 bridgehead atoms. The molecule has 4 aromatic rings. The number of hydrogen-bond acceptors (Lipinski definition) is 6. The highest BCUT2D eigenvalue weighted by Gasteiger charge is 2.34. The van der Waals surface area contributed by atoms with Gasteiger partial charge in [-0.1, -0.05) is 12.1 Å². The lowest BCUT2D eigenvalue weighted by atomic mass is 10.1. The van der Waals surface area contributed by atoms with Crippen LogP contribution in [0.25, 0.3) is 21.5 Å². The number of nitrogens with one attached hydrogen (secondary N) is 2. The first-order chi connectivity index (χ1) is 15.6. The first kappa shape index (κ1) is 23.1. The molecule has 0 aliphatic heterocycles. The van der Waals surface area contributed by atoms with Crippen molar-refractivity contribution < 1.29 is 22.4 Å². The summed E-state index contributed by atoms with van der Waals surface area (Å²) in [5.41, 5.74) is -0.889. The molecule has 0 aliphatic rings. The number of benzene rings is 1. The number of para-hydroxylation sites is 1. The largest absolute Gasteiger partial charge is 0.464 e. The second-order valence-electron chi connectivity index (χ2n) is 7.21. The predicted octanol–water partition coefficient (Wildman–Crippen LogP) is 6.08. The van der Waals surface area contributed by atoms with Gasteiger partial charge in [0.2, 0.25) is 5.91 Å². The molecule has 3 aromatic heterocycles. The van der Waals surface area contributed by atoms with E-state index in [4.69, 9.17) is 4.42 Å². The third kappa shape index (κ3) is 4.83. The monoisotopic (exact) mass is 493 g/mol. The van der Waals surface area contributed by atoms with E-state index in [-0.39, 0.29) is 11.2 Å². The molecule has 6 nitrogen and oxygen atoms in total. The van der Waals surface area contributed by atoms with Crippen LogP contribution in [0.5, 0.6) is 0 Å². The van der Waals surface area contributed by atoms with Crippen molar-refractivity contribution in [3.8, 4) is 11.3 Å². The summed E-state index contributed by atoms with van der Waals surface area (Å²) in [6.07, 6.45) is -3.06. The number of alkyl halides is 3. The van der Waals surface area contributed by atoms with E-state index in [0.29, 0.717) is 27.4 Å². The maximum absolute atomic E-state index is 13.2. The van der Waals surface area contributed by atoms with Crippen LogP contribution in [-0.2, 0) is 11.0 Å². The van der Waals surface area contributed by atoms with E-state index in [0.717, 1.165) is 6.07 Å². The second-order valence-corrected chi connectivity index (χ2v) is 9.76. The molecule has 11 heteroatoms. The van der Waals surface area contributed by atoms with Crippen molar-refractivity contribution in [2.45, 2.75) is 30.5 Å². The number of furan rings is 1. The number of halogens is 3. The van der Waals surface area contributed by atoms with Gasteiger partial charge in [0.05, 0.1) is 33.4 Å². The maximum atomic E-state index is 13.2. The molecule has 0 fully saturated rings. The minimum absolute atomic E-state index is 0.299. The summed E-state index contributed by atoms with van der Waals surface area (Å²) in [6.45, 7) is 3.35. The van der Waals surface area contributed by atoms with Crippen LogP contribution >= 0.6 is 23.1 Å². The fourth-order valence-corrected chi connectivity index (χ4v) is 5.25. The zero-order chi connectivity index (χ0) is 23.8. The van der Waals surface area contributed by atoms with Gasteiger partial charge >= 0.3 is 6.18 Å². The van der Waals surface area contributed by atoms with E-state index in [9.17, 15) is 22.8 Å². The molecule has 4 rings (SSSR count). The number of thiophene rings is 1. The number of thioether (sulfide) groups is 1. The molecular weight excluding hydrogens is 475 g/mol. The standard InChI is InChI=1S/C22H18F3N3O3S2/c1-11(33-12(2)19(29)26-15-7-4-3-6-14(15)22(23,24)25)18-27-20(30)17-13(10-32-21(17)28-18)16-8-5-9-31-16/h3-12H,1-2H3,(H,26,29)(H,27,28,30). The Balaban J connectivity index is 1.51. The van der Waals surface area contributed by atoms with Crippen molar-refractivity contribution >= 4 is 44.9 Å². The maximum Gasteiger partial charge on any atom is 0.418 e. The summed E-state index contributed by atoms with van der Waals surface area (Å²) in [7, 11) is 0. The molecule has 0 spiro atoms. The Labute approximate surface area is 194 Å². The van der Waals surface area contributed by atoms with Gasteiger partial charge in [-0.15, -0.1) is 23.1 Å². The summed E-state index contributed by atoms with van der Waals surface area (Å²) in [5.74, 6) is 0.358. The molecule has 2 N–H and O–H groups in total. The van der Waals surface area contributed by atoms with E-state index in [2.05, 4.69) is 15.3 Å². The lowest BCUT2D eigenvalue weighted by Gasteiger charge is -2.18. The fourth-order valence-electron chi connectivity index (χ4n) is 3.28. The van der Waals surface area contributed by atoms with Crippen LogP contribution in [0.3, 0.4) is 0 Å². The van der Waals surface area contributed by atoms with Gasteiger partial charge in [0, 0.05) is 10.9 Å². The summed E-state index contributed by atoms with van der Waals surface area (Å²) in [4.78, 5) is 33.1. The van der Waals surface area contributed by atoms with E-state index in [1.807, 2.05) is 0 Å². The SMILES string of the molecule is CC(SC(C)c1nc2scc(-c3ccco3)c2c(=O)[nH]1)C(=O)Nc1ccccc1C(F)(F)F. The van der Waals surface area contributed by atoms with Crippen LogP contribution in [-0.4, -0.2) is 21.1 Å². The molecule has 2 unspecified atom stereocenters. The van der Waals surface area contributed by atoms with Crippen LogP contribution in [0, 0.1) is 0 Å². The first-order valence-corrected chi connectivity index (χ1v) is 11.6. The van der Waals surface area contributed by atoms with Crippen molar-refractivity contribution in [3.05, 3.63) is 69.8 Å². The van der Waals surface area contributed by atoms with E-state index >= 15 is 0 Å². The van der Waals surface area contributed by atoms with Gasteiger partial charge in [0.15, 0.2) is 0 Å². The lowest BCUT2D eigenvalue weighted by Crippen LogP contribution is -2.25. The Hall–Kier alpha value is -3.05. The third-order valence-electron chi connectivity index (χ3n) is 4.90. The molecule has 172 valence electrons. The molecule has 0 saturated carbocycles. The number of anilines is 1. The first-order valence-electron chi connectivity index (χ1n) is 9.83. The van der Waals surface area contributed by atoms with Gasteiger partial charge < -0.3 is 14.7 Å². The smallest absolute Gasteiger partial charge is 0.418 e. The minimum Gasteiger partial charge on any atom is -0.464 e. The van der Waals surface area contributed by atoms with Gasteiger partial charge in [-0.2, -0.15) is 13.2 Å². The average Bonchev–Trinajstić information content (AvgIpc) is 3.43. The van der Waals surface area contributed by atoms with Crippen LogP contribution in [0.15, 0.2) is 57.3 Å². The zero-order valence-corrected chi connectivity index (χ0v) is 19.0. The Bertz CT molecular complexity index is 1350. The number of carbonyl (C=O) groups excluding carboxylic acids is 1. The molecule has 0 saturated heterocycles. The van der Waals surface area contributed by atoms with Crippen LogP contribution in [0.4, 0.5) is 18.9 Å². The Kier molecular flexibility index (Phi) is 6.35. The highest BCUT2D eigenvalue weighted by molar-refractivity contribution is 8.00. The zero-order valence-electron chi connectivity index (χ0n) is 17.4. The Morgan fingerprint density at radius 2 is 1.97 bits per heavy atom. The quantitative estimate of drug-likeness (QED) is 0.340. The van der Waals surface area contributed by atoms with Crippen LogP contribution in [0.1, 0.15) is 30.5 Å². The normalized spacial score (nSPS) is 13.7. The lowest BCUT2D eigenvalue weighted by molar-refractivity contribution is -0.137. The number of rotatable bonds is 6. The Morgan fingerprint density at radius 1 is 1.21 bits per heavy atom. The summed E-state index contributed by atoms with van der Waals surface area (Å²) in [5, 5.41) is 3.47. The fraction of sp³-hybridized carbons (Fsp3) is 0.227. The molecule has 0 aliphatic carbocycles. The summed E-state index contributed by atoms with van der Waals surface area (Å²) in [6, 6.07) is 8.30. The van der Waals surface area contributed by atoms with Gasteiger partial charge in [-0.05, 0) is 38.1 Å². The molecule has 0 radical (unpaired) electrons. The number of fused-ring (bicyclic) bond motifs is 1. The highest BCUT2D eigenvalue weighted by atomic mass is 32.2. The third-order valence-corrected chi connectivity index (χ3v) is 7.03. The summed E-state index contributed by atoms with van der Waals surface area (Å²) >= 11 is 2.48. The van der Waals surface area contributed by atoms with Gasteiger partial charge in [-0.25, -0.2) is 4.98 Å². The van der Waals surface area contributed by atoms with Gasteiger partial charge in [-0.3, -0.25) is 9.59 Å². The second kappa shape index (κ2) is 9.06. The molecular formula is C22H18F3N3O3S2. The number of hydrogen-bond donors (Lipinski definition) is 2. The van der Waals surface area contributed by atoms with Crippen molar-refractivity contribution in [1.82, 2.24) is 9.97 Å². The number of H-pyrrole nitrogens is 1. The van der Waals surface area contributed by atoms with Crippen molar-refractivity contribution in [1.29, 1.82) is 0 Å². The van der Waals surface area contributed by atoms with Crippen molar-refractivity contribution in [2.75, 3.05) is 5.32 Å². The number of amides is 1. The van der Waals surface area contributed by atoms with E-state index in [1.54, 1.807) is 31.4 Å².